The van der Waals surface area contributed by atoms with Crippen LogP contribution in [0.2, 0.25) is 0 Å². The number of pyridine rings is 1. The van der Waals surface area contributed by atoms with Gasteiger partial charge in [-0.1, -0.05) is 13.8 Å². The smallest absolute Gasteiger partial charge is 0.141 e. The van der Waals surface area contributed by atoms with Crippen molar-refractivity contribution < 1.29 is 4.39 Å². The molecule has 2 rings (SSSR count). The van der Waals surface area contributed by atoms with Crippen molar-refractivity contribution in [1.82, 2.24) is 4.98 Å². The summed E-state index contributed by atoms with van der Waals surface area (Å²) in [7, 11) is 0. The van der Waals surface area contributed by atoms with Crippen LogP contribution in [-0.2, 0) is 6.54 Å². The highest BCUT2D eigenvalue weighted by atomic mass is 19.1. The third-order valence-electron chi connectivity index (χ3n) is 3.47. The first-order valence-corrected chi connectivity index (χ1v) is 6.24. The summed E-state index contributed by atoms with van der Waals surface area (Å²) in [6, 6.07) is 2.00. The molecule has 1 saturated heterocycles. The van der Waals surface area contributed by atoms with Gasteiger partial charge in [0.05, 0.1) is 6.20 Å². The van der Waals surface area contributed by atoms with Crippen LogP contribution in [0.4, 0.5) is 10.2 Å². The molecule has 2 heterocycles. The van der Waals surface area contributed by atoms with Gasteiger partial charge in [-0.15, -0.1) is 0 Å². The van der Waals surface area contributed by atoms with Gasteiger partial charge in [0, 0.05) is 24.7 Å². The molecule has 1 aromatic rings. The molecule has 1 aliphatic rings. The Kier molecular flexibility index (Phi) is 3.62. The van der Waals surface area contributed by atoms with Gasteiger partial charge in [0.2, 0.25) is 0 Å². The van der Waals surface area contributed by atoms with Crippen molar-refractivity contribution >= 4 is 5.82 Å². The third-order valence-corrected chi connectivity index (χ3v) is 3.47. The molecule has 4 heteroatoms. The van der Waals surface area contributed by atoms with E-state index in [1.165, 1.54) is 25.1 Å². The van der Waals surface area contributed by atoms with E-state index < -0.39 is 0 Å². The second kappa shape index (κ2) is 5.00. The van der Waals surface area contributed by atoms with Crippen LogP contribution in [0.3, 0.4) is 0 Å². The first-order chi connectivity index (χ1) is 8.13. The van der Waals surface area contributed by atoms with Crippen LogP contribution in [0, 0.1) is 11.7 Å². The second-order valence-electron chi connectivity index (χ2n) is 4.99. The summed E-state index contributed by atoms with van der Waals surface area (Å²) >= 11 is 0. The van der Waals surface area contributed by atoms with Crippen molar-refractivity contribution in [1.29, 1.82) is 0 Å². The normalized spacial score (nSPS) is 20.3. The molecule has 1 unspecified atom stereocenters. The Morgan fingerprint density at radius 2 is 2.35 bits per heavy atom. The lowest BCUT2D eigenvalue weighted by Crippen LogP contribution is -2.35. The van der Waals surface area contributed by atoms with Crippen molar-refractivity contribution in [2.75, 3.05) is 11.4 Å². The van der Waals surface area contributed by atoms with Crippen LogP contribution in [0.15, 0.2) is 12.3 Å². The van der Waals surface area contributed by atoms with Crippen LogP contribution in [0.5, 0.6) is 0 Å². The van der Waals surface area contributed by atoms with E-state index in [0.717, 1.165) is 17.9 Å². The summed E-state index contributed by atoms with van der Waals surface area (Å²) in [5.41, 5.74) is 6.48. The fourth-order valence-corrected chi connectivity index (χ4v) is 2.63. The molecule has 0 aromatic carbocycles. The molecule has 94 valence electrons. The average molecular weight is 237 g/mol. The predicted octanol–water partition coefficient (Wildman–Crippen LogP) is 2.30. The van der Waals surface area contributed by atoms with Gasteiger partial charge in [0.15, 0.2) is 0 Å². The molecule has 17 heavy (non-hydrogen) atoms. The lowest BCUT2D eigenvalue weighted by Gasteiger charge is -2.30. The maximum Gasteiger partial charge on any atom is 0.141 e. The number of aromatic nitrogens is 1. The Bertz CT molecular complexity index is 392. The first-order valence-electron chi connectivity index (χ1n) is 6.24. The fraction of sp³-hybridized carbons (Fsp3) is 0.615. The highest BCUT2D eigenvalue weighted by molar-refractivity contribution is 5.49. The van der Waals surface area contributed by atoms with Crippen LogP contribution < -0.4 is 10.6 Å². The first kappa shape index (κ1) is 12.3. The minimum absolute atomic E-state index is 0.311. The summed E-state index contributed by atoms with van der Waals surface area (Å²) < 4.78 is 13.1. The average Bonchev–Trinajstić information content (AvgIpc) is 2.77. The zero-order chi connectivity index (χ0) is 12.4. The Hall–Kier alpha value is -1.16. The van der Waals surface area contributed by atoms with Gasteiger partial charge in [0.25, 0.3) is 0 Å². The molecule has 0 amide bonds. The summed E-state index contributed by atoms with van der Waals surface area (Å²) in [4.78, 5) is 6.52. The number of hydrogen-bond donors (Lipinski definition) is 1. The fourth-order valence-electron chi connectivity index (χ4n) is 2.63. The number of hydrogen-bond acceptors (Lipinski definition) is 3. The SMILES string of the molecule is CC(C)C1CCCN1c1ncc(F)cc1CN. The van der Waals surface area contributed by atoms with Gasteiger partial charge < -0.3 is 10.6 Å². The molecule has 1 atom stereocenters. The van der Waals surface area contributed by atoms with E-state index in [-0.39, 0.29) is 5.82 Å². The molecular formula is C13H20FN3. The minimum Gasteiger partial charge on any atom is -0.353 e. The number of nitrogens with two attached hydrogens (primary N) is 1. The summed E-state index contributed by atoms with van der Waals surface area (Å²) in [6.45, 7) is 5.76. The van der Waals surface area contributed by atoms with E-state index >= 15 is 0 Å². The lowest BCUT2D eigenvalue weighted by atomic mass is 10.0. The van der Waals surface area contributed by atoms with Crippen LogP contribution in [0.25, 0.3) is 0 Å². The standard InChI is InChI=1S/C13H20FN3/c1-9(2)12-4-3-5-17(12)13-10(7-15)6-11(14)8-16-13/h6,8-9,12H,3-5,7,15H2,1-2H3. The highest BCUT2D eigenvalue weighted by Gasteiger charge is 2.29. The predicted molar refractivity (Wildman–Crippen MR) is 67.3 cm³/mol. The summed E-state index contributed by atoms with van der Waals surface area (Å²) in [5.74, 6) is 1.13. The van der Waals surface area contributed by atoms with Gasteiger partial charge in [0.1, 0.15) is 11.6 Å². The van der Waals surface area contributed by atoms with E-state index in [2.05, 4.69) is 23.7 Å². The van der Waals surface area contributed by atoms with Gasteiger partial charge in [-0.2, -0.15) is 0 Å². The maximum absolute atomic E-state index is 13.1. The lowest BCUT2D eigenvalue weighted by molar-refractivity contribution is 0.488. The Morgan fingerprint density at radius 1 is 1.59 bits per heavy atom. The van der Waals surface area contributed by atoms with Gasteiger partial charge >= 0.3 is 0 Å². The van der Waals surface area contributed by atoms with Crippen molar-refractivity contribution in [3.63, 3.8) is 0 Å². The molecule has 0 spiro atoms. The molecule has 2 N–H and O–H groups in total. The van der Waals surface area contributed by atoms with E-state index in [4.69, 9.17) is 5.73 Å². The van der Waals surface area contributed by atoms with E-state index in [1.54, 1.807) is 0 Å². The van der Waals surface area contributed by atoms with Gasteiger partial charge in [-0.3, -0.25) is 0 Å². The Balaban J connectivity index is 2.32. The van der Waals surface area contributed by atoms with E-state index in [1.807, 2.05) is 0 Å². The van der Waals surface area contributed by atoms with Crippen molar-refractivity contribution in [3.8, 4) is 0 Å². The molecule has 0 radical (unpaired) electrons. The van der Waals surface area contributed by atoms with Crippen molar-refractivity contribution in [3.05, 3.63) is 23.6 Å². The van der Waals surface area contributed by atoms with Gasteiger partial charge in [-0.05, 0) is 24.8 Å². The zero-order valence-corrected chi connectivity index (χ0v) is 10.5. The second-order valence-corrected chi connectivity index (χ2v) is 4.99. The minimum atomic E-state index is -0.311. The molecule has 3 nitrogen and oxygen atoms in total. The summed E-state index contributed by atoms with van der Waals surface area (Å²) in [5, 5.41) is 0. The number of halogens is 1. The highest BCUT2D eigenvalue weighted by Crippen LogP contribution is 2.30. The van der Waals surface area contributed by atoms with E-state index in [0.29, 0.717) is 18.5 Å². The molecule has 1 fully saturated rings. The Morgan fingerprint density at radius 3 is 3.00 bits per heavy atom. The van der Waals surface area contributed by atoms with Gasteiger partial charge in [-0.25, -0.2) is 9.37 Å². The molecule has 0 aliphatic carbocycles. The van der Waals surface area contributed by atoms with Crippen molar-refractivity contribution in [2.24, 2.45) is 11.7 Å². The zero-order valence-electron chi connectivity index (χ0n) is 10.5. The van der Waals surface area contributed by atoms with Crippen molar-refractivity contribution in [2.45, 2.75) is 39.3 Å². The largest absolute Gasteiger partial charge is 0.353 e. The number of nitrogens with zero attached hydrogens (tertiary/aromatic N) is 2. The van der Waals surface area contributed by atoms with E-state index in [9.17, 15) is 4.39 Å². The molecule has 0 saturated carbocycles. The van der Waals surface area contributed by atoms with Crippen LogP contribution in [0.1, 0.15) is 32.3 Å². The Labute approximate surface area is 102 Å². The maximum atomic E-state index is 13.1. The number of anilines is 1. The molecular weight excluding hydrogens is 217 g/mol. The monoisotopic (exact) mass is 237 g/mol. The molecule has 1 aromatic heterocycles. The quantitative estimate of drug-likeness (QED) is 0.877. The molecule has 0 bridgehead atoms. The molecule has 1 aliphatic heterocycles. The van der Waals surface area contributed by atoms with Crippen LogP contribution >= 0.6 is 0 Å². The number of rotatable bonds is 3. The third kappa shape index (κ3) is 2.41. The summed E-state index contributed by atoms with van der Waals surface area (Å²) in [6.07, 6.45) is 3.64. The topological polar surface area (TPSA) is 42.2 Å². The van der Waals surface area contributed by atoms with Crippen LogP contribution in [-0.4, -0.2) is 17.6 Å².